The Balaban J connectivity index is 1.52. The first-order valence-electron chi connectivity index (χ1n) is 7.11. The minimum atomic E-state index is -3.49. The lowest BCUT2D eigenvalue weighted by atomic mass is 10.4. The molecule has 2 aromatic heterocycles. The topological polar surface area (TPSA) is 103 Å². The number of hydrogen-bond donors (Lipinski definition) is 1. The molecule has 3 rings (SSSR count). The van der Waals surface area contributed by atoms with E-state index in [1.807, 2.05) is 6.07 Å². The number of sulfonamides is 1. The summed E-state index contributed by atoms with van der Waals surface area (Å²) in [6.45, 7) is 0.702. The number of aromatic nitrogens is 4. The van der Waals surface area contributed by atoms with Crippen LogP contribution in [0.3, 0.4) is 0 Å². The van der Waals surface area contributed by atoms with Gasteiger partial charge in [-0.2, -0.15) is 0 Å². The molecule has 0 radical (unpaired) electrons. The quantitative estimate of drug-likeness (QED) is 0.475. The standard InChI is InChI=1S/C14H15N5O3S2/c20-24(21,13-6-2-1-3-7-13)15-8-10-23-14-16-17-18-19(14)11-12-5-4-9-22-12/h1-7,9,15H,8,10-11H2. The van der Waals surface area contributed by atoms with E-state index in [1.54, 1.807) is 47.3 Å². The smallest absolute Gasteiger partial charge is 0.240 e. The summed E-state index contributed by atoms with van der Waals surface area (Å²) in [6.07, 6.45) is 1.59. The molecular weight excluding hydrogens is 350 g/mol. The van der Waals surface area contributed by atoms with Crippen LogP contribution in [0.2, 0.25) is 0 Å². The van der Waals surface area contributed by atoms with Crippen LogP contribution < -0.4 is 4.72 Å². The Morgan fingerprint density at radius 2 is 2.00 bits per heavy atom. The van der Waals surface area contributed by atoms with Crippen molar-refractivity contribution in [3.8, 4) is 0 Å². The zero-order valence-electron chi connectivity index (χ0n) is 12.6. The maximum Gasteiger partial charge on any atom is 0.240 e. The van der Waals surface area contributed by atoms with Crippen LogP contribution in [0, 0.1) is 0 Å². The summed E-state index contributed by atoms with van der Waals surface area (Å²) in [7, 11) is -3.49. The van der Waals surface area contributed by atoms with Gasteiger partial charge in [0.2, 0.25) is 15.2 Å². The molecule has 0 saturated carbocycles. The first-order valence-corrected chi connectivity index (χ1v) is 9.58. The third kappa shape index (κ3) is 4.22. The largest absolute Gasteiger partial charge is 0.467 e. The number of thioether (sulfide) groups is 1. The molecule has 3 aromatic rings. The van der Waals surface area contributed by atoms with E-state index in [1.165, 1.54) is 11.8 Å². The van der Waals surface area contributed by atoms with Gasteiger partial charge in [0.15, 0.2) is 0 Å². The van der Waals surface area contributed by atoms with E-state index >= 15 is 0 Å². The van der Waals surface area contributed by atoms with E-state index in [2.05, 4.69) is 20.2 Å². The van der Waals surface area contributed by atoms with E-state index in [9.17, 15) is 8.42 Å². The fourth-order valence-electron chi connectivity index (χ4n) is 1.95. The van der Waals surface area contributed by atoms with E-state index in [4.69, 9.17) is 4.42 Å². The van der Waals surface area contributed by atoms with Crippen LogP contribution in [0.25, 0.3) is 0 Å². The van der Waals surface area contributed by atoms with Gasteiger partial charge < -0.3 is 4.42 Å². The molecule has 2 heterocycles. The lowest BCUT2D eigenvalue weighted by Crippen LogP contribution is -2.26. The summed E-state index contributed by atoms with van der Waals surface area (Å²) in [5.41, 5.74) is 0. The number of tetrazole rings is 1. The Bertz CT molecular complexity index is 863. The van der Waals surface area contributed by atoms with Gasteiger partial charge in [-0.1, -0.05) is 30.0 Å². The summed E-state index contributed by atoms with van der Waals surface area (Å²) in [6, 6.07) is 11.9. The molecule has 126 valence electrons. The predicted octanol–water partition coefficient (Wildman–Crippen LogP) is 1.39. The highest BCUT2D eigenvalue weighted by Gasteiger charge is 2.13. The molecule has 0 aliphatic rings. The molecule has 0 atom stereocenters. The lowest BCUT2D eigenvalue weighted by Gasteiger charge is -2.06. The van der Waals surface area contributed by atoms with Crippen molar-refractivity contribution in [1.29, 1.82) is 0 Å². The van der Waals surface area contributed by atoms with Crippen molar-refractivity contribution in [2.24, 2.45) is 0 Å². The van der Waals surface area contributed by atoms with Gasteiger partial charge in [-0.25, -0.2) is 17.8 Å². The monoisotopic (exact) mass is 365 g/mol. The molecule has 0 aliphatic carbocycles. The fraction of sp³-hybridized carbons (Fsp3) is 0.214. The van der Waals surface area contributed by atoms with Crippen molar-refractivity contribution in [2.45, 2.75) is 16.6 Å². The molecule has 8 nitrogen and oxygen atoms in total. The number of furan rings is 1. The van der Waals surface area contributed by atoms with Gasteiger partial charge in [0.25, 0.3) is 0 Å². The third-order valence-electron chi connectivity index (χ3n) is 3.06. The molecule has 0 fully saturated rings. The first-order chi connectivity index (χ1) is 11.6. The van der Waals surface area contributed by atoms with E-state index in [-0.39, 0.29) is 11.4 Å². The Labute approximate surface area is 143 Å². The zero-order chi connectivity index (χ0) is 16.8. The van der Waals surface area contributed by atoms with Crippen molar-refractivity contribution in [1.82, 2.24) is 24.9 Å². The molecule has 10 heteroatoms. The van der Waals surface area contributed by atoms with Crippen LogP contribution in [0.1, 0.15) is 5.76 Å². The Morgan fingerprint density at radius 1 is 1.17 bits per heavy atom. The van der Waals surface area contributed by atoms with Crippen molar-refractivity contribution in [3.63, 3.8) is 0 Å². The van der Waals surface area contributed by atoms with Gasteiger partial charge >= 0.3 is 0 Å². The minimum Gasteiger partial charge on any atom is -0.467 e. The van der Waals surface area contributed by atoms with Gasteiger partial charge in [-0.3, -0.25) is 0 Å². The van der Waals surface area contributed by atoms with E-state index in [0.29, 0.717) is 17.5 Å². The molecule has 0 saturated heterocycles. The highest BCUT2D eigenvalue weighted by atomic mass is 32.2. The predicted molar refractivity (Wildman–Crippen MR) is 88.0 cm³/mol. The number of hydrogen-bond acceptors (Lipinski definition) is 7. The van der Waals surface area contributed by atoms with Gasteiger partial charge in [0.05, 0.1) is 11.2 Å². The van der Waals surface area contributed by atoms with E-state index < -0.39 is 10.0 Å². The van der Waals surface area contributed by atoms with Crippen LogP contribution >= 0.6 is 11.8 Å². The highest BCUT2D eigenvalue weighted by molar-refractivity contribution is 7.99. The van der Waals surface area contributed by atoms with Crippen molar-refractivity contribution in [2.75, 3.05) is 12.3 Å². The van der Waals surface area contributed by atoms with Crippen molar-refractivity contribution >= 4 is 21.8 Å². The van der Waals surface area contributed by atoms with Crippen LogP contribution in [0.4, 0.5) is 0 Å². The first kappa shape index (κ1) is 16.7. The zero-order valence-corrected chi connectivity index (χ0v) is 14.2. The SMILES string of the molecule is O=S(=O)(NCCSc1nnnn1Cc1ccco1)c1ccccc1. The minimum absolute atomic E-state index is 0.248. The number of rotatable bonds is 8. The van der Waals surface area contributed by atoms with Gasteiger partial charge in [0.1, 0.15) is 12.3 Å². The highest BCUT2D eigenvalue weighted by Crippen LogP contribution is 2.15. The summed E-state index contributed by atoms with van der Waals surface area (Å²) in [5, 5.41) is 12.1. The van der Waals surface area contributed by atoms with Gasteiger partial charge in [0, 0.05) is 12.3 Å². The molecule has 0 spiro atoms. The number of nitrogens with one attached hydrogen (secondary N) is 1. The second-order valence-electron chi connectivity index (χ2n) is 4.76. The van der Waals surface area contributed by atoms with Crippen molar-refractivity contribution in [3.05, 3.63) is 54.5 Å². The number of nitrogens with zero attached hydrogens (tertiary/aromatic N) is 4. The average Bonchev–Trinajstić information content (AvgIpc) is 3.25. The second-order valence-corrected chi connectivity index (χ2v) is 7.59. The van der Waals surface area contributed by atoms with Crippen molar-refractivity contribution < 1.29 is 12.8 Å². The molecule has 24 heavy (non-hydrogen) atoms. The Kier molecular flexibility index (Phi) is 5.28. The molecule has 1 N–H and O–H groups in total. The maximum absolute atomic E-state index is 12.1. The molecule has 0 aliphatic heterocycles. The Morgan fingerprint density at radius 3 is 2.75 bits per heavy atom. The summed E-state index contributed by atoms with van der Waals surface area (Å²) >= 11 is 1.37. The molecule has 0 unspecified atom stereocenters. The molecule has 1 aromatic carbocycles. The second kappa shape index (κ2) is 7.60. The third-order valence-corrected chi connectivity index (χ3v) is 5.50. The molecule has 0 bridgehead atoms. The summed E-state index contributed by atoms with van der Waals surface area (Å²) in [5.74, 6) is 1.25. The van der Waals surface area contributed by atoms with Gasteiger partial charge in [-0.15, -0.1) is 5.10 Å². The van der Waals surface area contributed by atoms with Crippen LogP contribution in [0.5, 0.6) is 0 Å². The Hall–Kier alpha value is -2.17. The van der Waals surface area contributed by atoms with Crippen LogP contribution in [-0.4, -0.2) is 40.9 Å². The van der Waals surface area contributed by atoms with Crippen LogP contribution in [0.15, 0.2) is 63.2 Å². The normalized spacial score (nSPS) is 11.7. The lowest BCUT2D eigenvalue weighted by molar-refractivity contribution is 0.462. The van der Waals surface area contributed by atoms with Crippen LogP contribution in [-0.2, 0) is 16.6 Å². The maximum atomic E-state index is 12.1. The number of benzene rings is 1. The summed E-state index contributed by atoms with van der Waals surface area (Å²) < 4.78 is 33.6. The van der Waals surface area contributed by atoms with Gasteiger partial charge in [-0.05, 0) is 34.7 Å². The average molecular weight is 365 g/mol. The van der Waals surface area contributed by atoms with E-state index in [0.717, 1.165) is 5.76 Å². The fourth-order valence-corrected chi connectivity index (χ4v) is 3.86. The molecule has 0 amide bonds. The molecular formula is C14H15N5O3S2. The summed E-state index contributed by atoms with van der Waals surface area (Å²) in [4.78, 5) is 0.248.